The molecule has 9 heteroatoms. The minimum absolute atomic E-state index is 0.00927. The van der Waals surface area contributed by atoms with E-state index in [0.717, 1.165) is 17.0 Å². The molecule has 1 N–H and O–H groups in total. The molecule has 2 aliphatic rings. The van der Waals surface area contributed by atoms with Crippen molar-refractivity contribution in [2.24, 2.45) is 0 Å². The number of carbonyl (C=O) groups is 2. The summed E-state index contributed by atoms with van der Waals surface area (Å²) in [5.74, 6) is -1.57. The van der Waals surface area contributed by atoms with Gasteiger partial charge in [-0.15, -0.1) is 11.3 Å². The number of ether oxygens (including phenoxy) is 2. The maximum atomic E-state index is 13.4. The van der Waals surface area contributed by atoms with Crippen molar-refractivity contribution in [3.05, 3.63) is 80.3 Å². The second kappa shape index (κ2) is 9.76. The number of methoxy groups -OCH3 is 1. The van der Waals surface area contributed by atoms with Crippen molar-refractivity contribution >= 4 is 23.1 Å². The first-order valence-electron chi connectivity index (χ1n) is 10.8. The molecular weight excluding hydrogens is 467 g/mol. The number of carbonyl (C=O) groups excluding carboxylic acids is 2. The third kappa shape index (κ3) is 4.81. The number of allylic oxidation sites excluding steroid dienone is 3. The third-order valence-electron chi connectivity index (χ3n) is 6.09. The number of hydrogen-bond acceptors (Lipinski definition) is 6. The van der Waals surface area contributed by atoms with Crippen molar-refractivity contribution < 1.29 is 32.2 Å². The Kier molecular flexibility index (Phi) is 6.95. The van der Waals surface area contributed by atoms with Gasteiger partial charge in [0.1, 0.15) is 6.61 Å². The molecular formula is C25H24F3NO4S. The van der Waals surface area contributed by atoms with Crippen LogP contribution in [0.25, 0.3) is 0 Å². The van der Waals surface area contributed by atoms with E-state index < -0.39 is 23.6 Å². The zero-order valence-electron chi connectivity index (χ0n) is 18.7. The van der Waals surface area contributed by atoms with E-state index in [-0.39, 0.29) is 36.9 Å². The average Bonchev–Trinajstić information content (AvgIpc) is 3.32. The van der Waals surface area contributed by atoms with Crippen molar-refractivity contribution in [3.63, 3.8) is 0 Å². The normalized spacial score (nSPS) is 20.8. The SMILES string of the molecule is COCCOC(=O)C1=C(C)NC2=C(C(=O)C[C@@H](c3cccs3)C2)[C@H]1c1ccc(C(F)(F)F)cc1. The van der Waals surface area contributed by atoms with Crippen LogP contribution >= 0.6 is 11.3 Å². The predicted molar refractivity (Wildman–Crippen MR) is 121 cm³/mol. The van der Waals surface area contributed by atoms with Gasteiger partial charge in [-0.1, -0.05) is 18.2 Å². The highest BCUT2D eigenvalue weighted by molar-refractivity contribution is 7.10. The summed E-state index contributed by atoms with van der Waals surface area (Å²) in [4.78, 5) is 27.5. The van der Waals surface area contributed by atoms with Gasteiger partial charge in [0.2, 0.25) is 0 Å². The van der Waals surface area contributed by atoms with Gasteiger partial charge in [-0.2, -0.15) is 13.2 Å². The van der Waals surface area contributed by atoms with Gasteiger partial charge in [-0.05, 0) is 42.5 Å². The summed E-state index contributed by atoms with van der Waals surface area (Å²) in [5.41, 5.74) is 1.49. The highest BCUT2D eigenvalue weighted by Crippen LogP contribution is 2.46. The minimum Gasteiger partial charge on any atom is -0.460 e. The Morgan fingerprint density at radius 3 is 2.50 bits per heavy atom. The number of ketones is 1. The molecule has 2 atom stereocenters. The molecule has 1 aromatic carbocycles. The average molecular weight is 492 g/mol. The van der Waals surface area contributed by atoms with Crippen LogP contribution in [-0.2, 0) is 25.2 Å². The summed E-state index contributed by atoms with van der Waals surface area (Å²) in [6.45, 7) is 1.94. The lowest BCUT2D eigenvalue weighted by Crippen LogP contribution is -2.36. The van der Waals surface area contributed by atoms with Gasteiger partial charge in [0.15, 0.2) is 5.78 Å². The van der Waals surface area contributed by atoms with Crippen LogP contribution in [0.4, 0.5) is 13.2 Å². The molecule has 0 saturated carbocycles. The number of rotatable bonds is 6. The fourth-order valence-electron chi connectivity index (χ4n) is 4.53. The highest BCUT2D eigenvalue weighted by atomic mass is 32.1. The van der Waals surface area contributed by atoms with Crippen molar-refractivity contribution in [3.8, 4) is 0 Å². The number of Topliss-reactive ketones (excluding diaryl/α,β-unsaturated/α-hetero) is 1. The number of halogens is 3. The lowest BCUT2D eigenvalue weighted by Gasteiger charge is -2.36. The topological polar surface area (TPSA) is 64.6 Å². The quantitative estimate of drug-likeness (QED) is 0.438. The molecule has 1 aliphatic heterocycles. The third-order valence-corrected chi connectivity index (χ3v) is 7.12. The summed E-state index contributed by atoms with van der Waals surface area (Å²) in [7, 11) is 1.48. The maximum absolute atomic E-state index is 13.4. The van der Waals surface area contributed by atoms with E-state index in [1.807, 2.05) is 17.5 Å². The Balaban J connectivity index is 1.76. The Morgan fingerprint density at radius 2 is 1.88 bits per heavy atom. The van der Waals surface area contributed by atoms with Gasteiger partial charge in [0.05, 0.1) is 17.7 Å². The fourth-order valence-corrected chi connectivity index (χ4v) is 5.36. The van der Waals surface area contributed by atoms with E-state index in [1.54, 1.807) is 18.3 Å². The summed E-state index contributed by atoms with van der Waals surface area (Å²) >= 11 is 1.58. The van der Waals surface area contributed by atoms with Crippen LogP contribution in [0.5, 0.6) is 0 Å². The predicted octanol–water partition coefficient (Wildman–Crippen LogP) is 5.32. The molecule has 4 rings (SSSR count). The molecule has 0 radical (unpaired) electrons. The Labute approximate surface area is 199 Å². The number of alkyl halides is 3. The molecule has 0 spiro atoms. The van der Waals surface area contributed by atoms with Crippen LogP contribution in [0.2, 0.25) is 0 Å². The first kappa shape index (κ1) is 24.2. The molecule has 1 aromatic heterocycles. The standard InChI is InChI=1S/C25H24F3NO4S/c1-14-21(24(31)33-10-9-32-2)22(15-5-7-17(8-6-15)25(26,27)28)23-18(29-14)12-16(13-19(23)30)20-4-3-11-34-20/h3-8,11,16,22,29H,9-10,12-13H2,1-2H3/t16-,22-/m0/s1. The Hall–Kier alpha value is -2.91. The Morgan fingerprint density at radius 1 is 1.15 bits per heavy atom. The smallest absolute Gasteiger partial charge is 0.416 e. The van der Waals surface area contributed by atoms with Crippen LogP contribution in [0.15, 0.2) is 64.3 Å². The van der Waals surface area contributed by atoms with Gasteiger partial charge in [0.25, 0.3) is 0 Å². The number of thiophene rings is 1. The number of nitrogens with one attached hydrogen (secondary N) is 1. The van der Waals surface area contributed by atoms with E-state index in [2.05, 4.69) is 5.32 Å². The van der Waals surface area contributed by atoms with Gasteiger partial charge < -0.3 is 14.8 Å². The first-order valence-corrected chi connectivity index (χ1v) is 11.7. The second-order valence-corrected chi connectivity index (χ2v) is 9.26. The molecule has 34 heavy (non-hydrogen) atoms. The van der Waals surface area contributed by atoms with Crippen LogP contribution in [0, 0.1) is 0 Å². The minimum atomic E-state index is -4.49. The maximum Gasteiger partial charge on any atom is 0.416 e. The van der Waals surface area contributed by atoms with E-state index in [4.69, 9.17) is 9.47 Å². The lowest BCUT2D eigenvalue weighted by molar-refractivity contribution is -0.141. The lowest BCUT2D eigenvalue weighted by atomic mass is 9.72. The molecule has 0 bridgehead atoms. The van der Waals surface area contributed by atoms with Gasteiger partial charge in [0, 0.05) is 47.2 Å². The van der Waals surface area contributed by atoms with Crippen molar-refractivity contribution in [2.75, 3.05) is 20.3 Å². The van der Waals surface area contributed by atoms with Crippen molar-refractivity contribution in [1.29, 1.82) is 0 Å². The molecule has 2 aromatic rings. The van der Waals surface area contributed by atoms with Gasteiger partial charge in [-0.25, -0.2) is 4.79 Å². The number of benzene rings is 1. The molecule has 2 heterocycles. The summed E-state index contributed by atoms with van der Waals surface area (Å²) in [6.07, 6.45) is -3.65. The number of dihydropyridines is 1. The van der Waals surface area contributed by atoms with E-state index in [0.29, 0.717) is 29.0 Å². The summed E-state index contributed by atoms with van der Waals surface area (Å²) < 4.78 is 49.7. The van der Waals surface area contributed by atoms with Crippen LogP contribution in [-0.4, -0.2) is 32.1 Å². The molecule has 5 nitrogen and oxygen atoms in total. The second-order valence-electron chi connectivity index (χ2n) is 8.28. The van der Waals surface area contributed by atoms with E-state index in [9.17, 15) is 22.8 Å². The van der Waals surface area contributed by atoms with Crippen molar-refractivity contribution in [2.45, 2.75) is 37.8 Å². The monoisotopic (exact) mass is 491 g/mol. The molecule has 0 fully saturated rings. The zero-order chi connectivity index (χ0) is 24.5. The van der Waals surface area contributed by atoms with Crippen LogP contribution in [0.3, 0.4) is 0 Å². The molecule has 180 valence electrons. The van der Waals surface area contributed by atoms with Crippen LogP contribution in [0.1, 0.15) is 47.6 Å². The molecule has 0 saturated heterocycles. The van der Waals surface area contributed by atoms with E-state index in [1.165, 1.54) is 19.2 Å². The van der Waals surface area contributed by atoms with Gasteiger partial charge >= 0.3 is 12.1 Å². The molecule has 0 unspecified atom stereocenters. The fraction of sp³-hybridized carbons (Fsp3) is 0.360. The van der Waals surface area contributed by atoms with Crippen LogP contribution < -0.4 is 5.32 Å². The molecule has 0 amide bonds. The summed E-state index contributed by atoms with van der Waals surface area (Å²) in [5, 5.41) is 5.19. The summed E-state index contributed by atoms with van der Waals surface area (Å²) in [6, 6.07) is 8.54. The zero-order valence-corrected chi connectivity index (χ0v) is 19.5. The van der Waals surface area contributed by atoms with Gasteiger partial charge in [-0.3, -0.25) is 4.79 Å². The highest BCUT2D eigenvalue weighted by Gasteiger charge is 2.42. The molecule has 1 aliphatic carbocycles. The largest absolute Gasteiger partial charge is 0.460 e. The number of esters is 1. The Bertz CT molecular complexity index is 1130. The number of hydrogen-bond donors (Lipinski definition) is 1. The first-order chi connectivity index (χ1) is 16.2. The van der Waals surface area contributed by atoms with E-state index >= 15 is 0 Å². The van der Waals surface area contributed by atoms with Crippen molar-refractivity contribution in [1.82, 2.24) is 5.32 Å².